The summed E-state index contributed by atoms with van der Waals surface area (Å²) in [5.74, 6) is 0.827. The van der Waals surface area contributed by atoms with Gasteiger partial charge in [-0.1, -0.05) is 19.9 Å². The Labute approximate surface area is 161 Å². The fraction of sp³-hybridized carbons (Fsp3) is 0.190. The monoisotopic (exact) mass is 378 g/mol. The number of hydrogen-bond donors (Lipinski definition) is 1. The summed E-state index contributed by atoms with van der Waals surface area (Å²) < 4.78 is 14.4. The molecule has 0 fully saturated rings. The van der Waals surface area contributed by atoms with Crippen LogP contribution in [-0.2, 0) is 0 Å². The van der Waals surface area contributed by atoms with Crippen LogP contribution in [0.15, 0.2) is 48.0 Å². The van der Waals surface area contributed by atoms with Crippen molar-refractivity contribution >= 4 is 11.3 Å². The van der Waals surface area contributed by atoms with Gasteiger partial charge in [0.25, 0.3) is 0 Å². The van der Waals surface area contributed by atoms with E-state index < -0.39 is 0 Å². The van der Waals surface area contributed by atoms with Crippen molar-refractivity contribution in [1.29, 1.82) is 0 Å². The first-order chi connectivity index (χ1) is 13.0. The Balaban J connectivity index is 1.90. The molecule has 0 bridgehead atoms. The number of aromatic nitrogens is 4. The zero-order chi connectivity index (χ0) is 19.0. The van der Waals surface area contributed by atoms with Crippen LogP contribution in [0.5, 0.6) is 0 Å². The third-order valence-electron chi connectivity index (χ3n) is 4.32. The molecule has 4 nitrogen and oxygen atoms in total. The molecule has 3 heterocycles. The van der Waals surface area contributed by atoms with Gasteiger partial charge >= 0.3 is 0 Å². The molecule has 6 heteroatoms. The van der Waals surface area contributed by atoms with Crippen LogP contribution in [0.3, 0.4) is 0 Å². The van der Waals surface area contributed by atoms with Crippen LogP contribution in [0, 0.1) is 12.7 Å². The van der Waals surface area contributed by atoms with Crippen molar-refractivity contribution in [3.63, 3.8) is 0 Å². The quantitative estimate of drug-likeness (QED) is 0.486. The van der Waals surface area contributed by atoms with Crippen molar-refractivity contribution in [3.05, 3.63) is 65.3 Å². The predicted octanol–water partition coefficient (Wildman–Crippen LogP) is 5.83. The van der Waals surface area contributed by atoms with E-state index in [0.717, 1.165) is 34.2 Å². The maximum atomic E-state index is 14.4. The second-order valence-electron chi connectivity index (χ2n) is 6.70. The first kappa shape index (κ1) is 17.5. The van der Waals surface area contributed by atoms with Gasteiger partial charge in [-0.15, -0.1) is 11.3 Å². The Morgan fingerprint density at radius 3 is 2.67 bits per heavy atom. The number of benzene rings is 1. The minimum Gasteiger partial charge on any atom is -0.340 e. The highest BCUT2D eigenvalue weighted by atomic mass is 32.1. The normalized spacial score (nSPS) is 11.3. The zero-order valence-corrected chi connectivity index (χ0v) is 16.1. The molecule has 4 rings (SSSR count). The summed E-state index contributed by atoms with van der Waals surface area (Å²) in [6.07, 6.45) is 1.68. The van der Waals surface area contributed by atoms with Gasteiger partial charge in [-0.25, -0.2) is 14.4 Å². The highest BCUT2D eigenvalue weighted by molar-refractivity contribution is 7.13. The molecule has 0 aliphatic heterocycles. The molecule has 0 atom stereocenters. The number of pyridine rings is 1. The topological polar surface area (TPSA) is 54.5 Å². The summed E-state index contributed by atoms with van der Waals surface area (Å²) in [5, 5.41) is 2.50. The number of H-pyrrole nitrogens is 1. The summed E-state index contributed by atoms with van der Waals surface area (Å²) in [6, 6.07) is 10.9. The molecule has 3 aromatic heterocycles. The number of rotatable bonds is 4. The Morgan fingerprint density at radius 1 is 1.11 bits per heavy atom. The molecular weight excluding hydrogens is 359 g/mol. The second kappa shape index (κ2) is 7.04. The first-order valence-electron chi connectivity index (χ1n) is 8.76. The number of hydrogen-bond acceptors (Lipinski definition) is 4. The standard InChI is InChI=1S/C21H19FN4S/c1-12(2)20-25-18(19(26-20)17-6-4-5-13(3)24-17)14-7-8-16(22)15(11-14)21-23-9-10-27-21/h4-12H,1-3H3,(H,25,26). The Bertz CT molecular complexity index is 1080. The van der Waals surface area contributed by atoms with Crippen molar-refractivity contribution in [2.45, 2.75) is 26.7 Å². The lowest BCUT2D eigenvalue weighted by molar-refractivity contribution is 0.631. The minimum absolute atomic E-state index is 0.237. The average molecular weight is 378 g/mol. The molecule has 4 aromatic rings. The predicted molar refractivity (Wildman–Crippen MR) is 107 cm³/mol. The van der Waals surface area contributed by atoms with Crippen LogP contribution in [0.4, 0.5) is 4.39 Å². The zero-order valence-electron chi connectivity index (χ0n) is 15.3. The van der Waals surface area contributed by atoms with E-state index in [1.54, 1.807) is 12.3 Å². The van der Waals surface area contributed by atoms with Gasteiger partial charge in [0.05, 0.1) is 17.1 Å². The molecule has 1 N–H and O–H groups in total. The van der Waals surface area contributed by atoms with Crippen molar-refractivity contribution in [3.8, 4) is 33.2 Å². The first-order valence-corrected chi connectivity index (χ1v) is 9.64. The molecule has 0 aliphatic carbocycles. The van der Waals surface area contributed by atoms with E-state index in [9.17, 15) is 4.39 Å². The van der Waals surface area contributed by atoms with Crippen molar-refractivity contribution < 1.29 is 4.39 Å². The van der Waals surface area contributed by atoms with Crippen LogP contribution in [0.1, 0.15) is 31.3 Å². The summed E-state index contributed by atoms with van der Waals surface area (Å²) in [5.41, 5.74) is 4.70. The third kappa shape index (κ3) is 3.40. The molecule has 0 unspecified atom stereocenters. The Morgan fingerprint density at radius 2 is 1.96 bits per heavy atom. The van der Waals surface area contributed by atoms with Crippen LogP contribution in [-0.4, -0.2) is 19.9 Å². The van der Waals surface area contributed by atoms with Gasteiger partial charge in [0.1, 0.15) is 16.6 Å². The van der Waals surface area contributed by atoms with Gasteiger partial charge in [0.15, 0.2) is 0 Å². The van der Waals surface area contributed by atoms with Gasteiger partial charge in [0.2, 0.25) is 0 Å². The summed E-state index contributed by atoms with van der Waals surface area (Å²) >= 11 is 1.42. The van der Waals surface area contributed by atoms with Gasteiger partial charge in [-0.2, -0.15) is 0 Å². The number of imidazole rings is 1. The lowest BCUT2D eigenvalue weighted by Gasteiger charge is -2.06. The van der Waals surface area contributed by atoms with E-state index in [4.69, 9.17) is 4.98 Å². The number of nitrogens with one attached hydrogen (secondary N) is 1. The van der Waals surface area contributed by atoms with Gasteiger partial charge in [0, 0.05) is 34.3 Å². The maximum absolute atomic E-state index is 14.4. The van der Waals surface area contributed by atoms with Crippen LogP contribution < -0.4 is 0 Å². The molecule has 0 spiro atoms. The van der Waals surface area contributed by atoms with E-state index in [-0.39, 0.29) is 11.7 Å². The summed E-state index contributed by atoms with van der Waals surface area (Å²) in [7, 11) is 0. The summed E-state index contributed by atoms with van der Waals surface area (Å²) in [6.45, 7) is 6.13. The van der Waals surface area contributed by atoms with Crippen molar-refractivity contribution in [2.24, 2.45) is 0 Å². The van der Waals surface area contributed by atoms with Crippen LogP contribution in [0.2, 0.25) is 0 Å². The van der Waals surface area contributed by atoms with Gasteiger partial charge in [-0.05, 0) is 37.3 Å². The molecular formula is C21H19FN4S. The number of thiazole rings is 1. The highest BCUT2D eigenvalue weighted by Crippen LogP contribution is 2.34. The largest absolute Gasteiger partial charge is 0.340 e. The lowest BCUT2D eigenvalue weighted by Crippen LogP contribution is -1.91. The fourth-order valence-electron chi connectivity index (χ4n) is 2.93. The Kier molecular flexibility index (Phi) is 4.58. The molecule has 27 heavy (non-hydrogen) atoms. The summed E-state index contributed by atoms with van der Waals surface area (Å²) in [4.78, 5) is 17.1. The average Bonchev–Trinajstić information content (AvgIpc) is 3.32. The highest BCUT2D eigenvalue weighted by Gasteiger charge is 2.19. The lowest BCUT2D eigenvalue weighted by atomic mass is 10.0. The van der Waals surface area contributed by atoms with Gasteiger partial charge < -0.3 is 4.98 Å². The fourth-order valence-corrected chi connectivity index (χ4v) is 3.59. The third-order valence-corrected chi connectivity index (χ3v) is 5.12. The SMILES string of the molecule is Cc1cccc(-c2[nH]c(C(C)C)nc2-c2ccc(F)c(-c3nccs3)c2)n1. The van der Waals surface area contributed by atoms with Crippen molar-refractivity contribution in [2.75, 3.05) is 0 Å². The van der Waals surface area contributed by atoms with E-state index in [0.29, 0.717) is 10.6 Å². The van der Waals surface area contributed by atoms with Crippen LogP contribution in [0.25, 0.3) is 33.2 Å². The molecule has 136 valence electrons. The minimum atomic E-state index is -0.288. The maximum Gasteiger partial charge on any atom is 0.133 e. The van der Waals surface area contributed by atoms with E-state index in [1.807, 2.05) is 36.6 Å². The van der Waals surface area contributed by atoms with E-state index >= 15 is 0 Å². The number of nitrogens with zero attached hydrogens (tertiary/aromatic N) is 3. The number of aromatic amines is 1. The molecule has 0 radical (unpaired) electrons. The van der Waals surface area contributed by atoms with Crippen molar-refractivity contribution in [1.82, 2.24) is 19.9 Å². The van der Waals surface area contributed by atoms with E-state index in [1.165, 1.54) is 17.4 Å². The van der Waals surface area contributed by atoms with Gasteiger partial charge in [-0.3, -0.25) is 4.98 Å². The number of aryl methyl sites for hydroxylation is 1. The van der Waals surface area contributed by atoms with Crippen LogP contribution >= 0.6 is 11.3 Å². The Hall–Kier alpha value is -2.86. The molecule has 0 amide bonds. The molecule has 0 aliphatic rings. The smallest absolute Gasteiger partial charge is 0.133 e. The number of halogens is 1. The van der Waals surface area contributed by atoms with E-state index in [2.05, 4.69) is 28.8 Å². The second-order valence-corrected chi connectivity index (χ2v) is 7.59. The molecule has 0 saturated heterocycles. The molecule has 1 aromatic carbocycles. The molecule has 0 saturated carbocycles.